The molecule has 11 nitrogen and oxygen atoms in total. The van der Waals surface area contributed by atoms with E-state index in [0.717, 1.165) is 154 Å². The van der Waals surface area contributed by atoms with Gasteiger partial charge in [0.2, 0.25) is 5.91 Å². The van der Waals surface area contributed by atoms with Gasteiger partial charge in [-0.25, -0.2) is 0 Å². The molecule has 0 bridgehead atoms. The first-order chi connectivity index (χ1) is 43.7. The minimum atomic E-state index is -1.63. The standard InChI is InChI=1S/C78H129NO10/c1-4-7-10-13-16-19-22-25-27-29-31-33-34-35-36-37-38-39-41-43-45-48-51-54-57-60-63-66-73(83)89-76-75(85)74(84)72(67-80)88-78(76)87-68-69(70(81)64-61-58-55-52-49-46-24-21-18-15-12-9-6-3)79-77(86)71(82)65-62-59-56-53-50-47-44-42-40-32-30-28-26-23-20-17-14-11-8-5-2/h7-8,10-11,16-17,19-20,25-28,31-33,35-36,38-40,44,47,61,64,69-72,74-76,78,80-82,84-85H,4-6,9,12-15,18,21-24,29-30,34,37,41-43,45-46,48-60,62-63,65-68H2,1-3H3,(H,79,86)/b10-7-,11-8-,19-16-,20-17-,27-25-,28-26-,33-31-,36-35-,39-38-,40-32-,47-44-,64-61+. The molecule has 0 aromatic carbocycles. The Bertz CT molecular complexity index is 2010. The normalized spacial score (nSPS) is 19.0. The summed E-state index contributed by atoms with van der Waals surface area (Å²) in [6, 6.07) is -1.05. The van der Waals surface area contributed by atoms with Gasteiger partial charge in [-0.05, 0) is 122 Å². The number of aliphatic hydroxyl groups excluding tert-OH is 5. The van der Waals surface area contributed by atoms with Crippen LogP contribution in [0.1, 0.15) is 271 Å². The number of allylic oxidation sites excluding steroid dienone is 23. The van der Waals surface area contributed by atoms with E-state index in [9.17, 15) is 35.1 Å². The molecular formula is C78H129NO10. The number of aliphatic hydroxyl groups is 5. The Kier molecular flexibility index (Phi) is 59.1. The average molecular weight is 1240 g/mol. The van der Waals surface area contributed by atoms with E-state index in [2.05, 4.69) is 160 Å². The van der Waals surface area contributed by atoms with E-state index in [4.69, 9.17) is 14.2 Å². The predicted molar refractivity (Wildman–Crippen MR) is 374 cm³/mol. The summed E-state index contributed by atoms with van der Waals surface area (Å²) in [4.78, 5) is 26.7. The zero-order chi connectivity index (χ0) is 64.6. The summed E-state index contributed by atoms with van der Waals surface area (Å²) in [7, 11) is 0. The highest BCUT2D eigenvalue weighted by atomic mass is 16.7. The number of nitrogens with one attached hydrogen (secondary N) is 1. The van der Waals surface area contributed by atoms with Crippen LogP contribution in [0.15, 0.2) is 146 Å². The van der Waals surface area contributed by atoms with E-state index >= 15 is 0 Å². The first-order valence-electron chi connectivity index (χ1n) is 35.6. The SMILES string of the molecule is CC/C=C\C/C=C\C/C=C\C/C=C\C/C=C\C/C=C\CCCCCCCCCCC(=O)OC1C(OCC(NC(=O)C(O)CCCCCC/C=C\C/C=C\C/C=C\C/C=C\C/C=C\CC)C(O)/C=C/CCCCCCCCCCCCC)OC(CO)C(O)C1O. The highest BCUT2D eigenvalue weighted by Crippen LogP contribution is 2.26. The van der Waals surface area contributed by atoms with Crippen LogP contribution in [0.25, 0.3) is 0 Å². The Morgan fingerprint density at radius 3 is 1.21 bits per heavy atom. The molecule has 1 aliphatic heterocycles. The summed E-state index contributed by atoms with van der Waals surface area (Å²) in [6.45, 7) is 5.56. The fraction of sp³-hybridized carbons (Fsp3) is 0.667. The number of hydrogen-bond donors (Lipinski definition) is 6. The van der Waals surface area contributed by atoms with Crippen LogP contribution in [0.4, 0.5) is 0 Å². The summed E-state index contributed by atoms with van der Waals surface area (Å²) < 4.78 is 17.7. The summed E-state index contributed by atoms with van der Waals surface area (Å²) in [5.41, 5.74) is 0. The van der Waals surface area contributed by atoms with Gasteiger partial charge in [0.1, 0.15) is 24.4 Å². The van der Waals surface area contributed by atoms with Gasteiger partial charge in [0, 0.05) is 6.42 Å². The minimum absolute atomic E-state index is 0.102. The number of carbonyl (C=O) groups excluding carboxylic acids is 2. The molecule has 89 heavy (non-hydrogen) atoms. The lowest BCUT2D eigenvalue weighted by Gasteiger charge is -2.41. The number of rotatable bonds is 59. The van der Waals surface area contributed by atoms with Crippen molar-refractivity contribution in [2.45, 2.75) is 320 Å². The molecule has 0 aromatic heterocycles. The maximum Gasteiger partial charge on any atom is 0.306 e. The van der Waals surface area contributed by atoms with Crippen LogP contribution in [0, 0.1) is 0 Å². The Balaban J connectivity index is 2.62. The van der Waals surface area contributed by atoms with Crippen LogP contribution in [-0.4, -0.2) is 99.6 Å². The average Bonchev–Trinajstić information content (AvgIpc) is 1.85. The highest BCUT2D eigenvalue weighted by molar-refractivity contribution is 5.80. The zero-order valence-electron chi connectivity index (χ0n) is 56.2. The van der Waals surface area contributed by atoms with Gasteiger partial charge in [-0.3, -0.25) is 9.59 Å². The molecular weight excluding hydrogens is 1110 g/mol. The highest BCUT2D eigenvalue weighted by Gasteiger charge is 2.47. The molecule has 0 radical (unpaired) electrons. The third-order valence-corrected chi connectivity index (χ3v) is 15.7. The summed E-state index contributed by atoms with van der Waals surface area (Å²) >= 11 is 0. The third-order valence-electron chi connectivity index (χ3n) is 15.7. The van der Waals surface area contributed by atoms with E-state index < -0.39 is 67.4 Å². The van der Waals surface area contributed by atoms with E-state index in [1.54, 1.807) is 6.08 Å². The maximum atomic E-state index is 13.5. The van der Waals surface area contributed by atoms with Crippen molar-refractivity contribution in [3.8, 4) is 0 Å². The number of ether oxygens (including phenoxy) is 3. The molecule has 1 saturated heterocycles. The smallest absolute Gasteiger partial charge is 0.306 e. The fourth-order valence-electron chi connectivity index (χ4n) is 10.2. The van der Waals surface area contributed by atoms with Gasteiger partial charge in [-0.15, -0.1) is 0 Å². The van der Waals surface area contributed by atoms with Crippen molar-refractivity contribution < 1.29 is 49.3 Å². The van der Waals surface area contributed by atoms with Gasteiger partial charge < -0.3 is 45.1 Å². The lowest BCUT2D eigenvalue weighted by atomic mass is 9.99. The second kappa shape index (κ2) is 63.7. The quantitative estimate of drug-likeness (QED) is 0.0195. The molecule has 8 atom stereocenters. The predicted octanol–water partition coefficient (Wildman–Crippen LogP) is 18.5. The number of esters is 1. The minimum Gasteiger partial charge on any atom is -0.454 e. The molecule has 11 heteroatoms. The van der Waals surface area contributed by atoms with Crippen LogP contribution in [0.5, 0.6) is 0 Å². The summed E-state index contributed by atoms with van der Waals surface area (Å²) in [5.74, 6) is -1.23. The van der Waals surface area contributed by atoms with Crippen LogP contribution in [0.3, 0.4) is 0 Å². The molecule has 0 aliphatic carbocycles. The molecule has 1 rings (SSSR count). The Morgan fingerprint density at radius 2 is 0.809 bits per heavy atom. The van der Waals surface area contributed by atoms with Gasteiger partial charge in [0.25, 0.3) is 0 Å². The molecule has 1 amide bonds. The maximum absolute atomic E-state index is 13.5. The van der Waals surface area contributed by atoms with Gasteiger partial charge in [0.05, 0.1) is 25.4 Å². The second-order valence-electron chi connectivity index (χ2n) is 23.9. The van der Waals surface area contributed by atoms with Crippen LogP contribution < -0.4 is 5.32 Å². The molecule has 0 saturated carbocycles. The topological polar surface area (TPSA) is 175 Å². The molecule has 506 valence electrons. The number of hydrogen-bond acceptors (Lipinski definition) is 10. The molecule has 1 heterocycles. The van der Waals surface area contributed by atoms with Crippen LogP contribution >= 0.6 is 0 Å². The lowest BCUT2D eigenvalue weighted by molar-refractivity contribution is -0.305. The molecule has 6 N–H and O–H groups in total. The van der Waals surface area contributed by atoms with Crippen molar-refractivity contribution in [3.63, 3.8) is 0 Å². The number of amides is 1. The largest absolute Gasteiger partial charge is 0.454 e. The Hall–Kier alpha value is -4.46. The van der Waals surface area contributed by atoms with E-state index in [1.807, 2.05) is 6.08 Å². The Labute approximate surface area is 543 Å². The lowest BCUT2D eigenvalue weighted by Crippen LogP contribution is -2.61. The summed E-state index contributed by atoms with van der Waals surface area (Å²) in [6.07, 6.45) is 81.6. The van der Waals surface area contributed by atoms with E-state index in [-0.39, 0.29) is 19.4 Å². The zero-order valence-corrected chi connectivity index (χ0v) is 56.2. The van der Waals surface area contributed by atoms with Gasteiger partial charge in [-0.1, -0.05) is 289 Å². The van der Waals surface area contributed by atoms with Crippen molar-refractivity contribution in [1.29, 1.82) is 0 Å². The van der Waals surface area contributed by atoms with Crippen molar-refractivity contribution >= 4 is 11.9 Å². The monoisotopic (exact) mass is 1240 g/mol. The van der Waals surface area contributed by atoms with Crippen molar-refractivity contribution in [2.24, 2.45) is 0 Å². The first kappa shape index (κ1) is 82.6. The van der Waals surface area contributed by atoms with Crippen molar-refractivity contribution in [1.82, 2.24) is 5.32 Å². The molecule has 1 aliphatic rings. The molecule has 0 spiro atoms. The first-order valence-corrected chi connectivity index (χ1v) is 35.6. The molecule has 8 unspecified atom stereocenters. The summed E-state index contributed by atoms with van der Waals surface area (Å²) in [5, 5.41) is 57.3. The molecule has 1 fully saturated rings. The van der Waals surface area contributed by atoms with Crippen LogP contribution in [0.2, 0.25) is 0 Å². The Morgan fingerprint density at radius 1 is 0.449 bits per heavy atom. The second-order valence-corrected chi connectivity index (χ2v) is 23.9. The third kappa shape index (κ3) is 50.8. The van der Waals surface area contributed by atoms with Crippen molar-refractivity contribution in [2.75, 3.05) is 13.2 Å². The van der Waals surface area contributed by atoms with Gasteiger partial charge >= 0.3 is 5.97 Å². The van der Waals surface area contributed by atoms with E-state index in [0.29, 0.717) is 12.8 Å². The van der Waals surface area contributed by atoms with Gasteiger partial charge in [-0.2, -0.15) is 0 Å². The van der Waals surface area contributed by atoms with E-state index in [1.165, 1.54) is 70.6 Å². The van der Waals surface area contributed by atoms with Crippen molar-refractivity contribution in [3.05, 3.63) is 146 Å². The van der Waals surface area contributed by atoms with Crippen LogP contribution in [-0.2, 0) is 23.8 Å². The van der Waals surface area contributed by atoms with Gasteiger partial charge in [0.15, 0.2) is 12.4 Å². The molecule has 0 aromatic rings. The number of unbranched alkanes of at least 4 members (excludes halogenated alkanes) is 23. The number of carbonyl (C=O) groups is 2. The fourth-order valence-corrected chi connectivity index (χ4v) is 10.2.